The number of aromatic amines is 1. The van der Waals surface area contributed by atoms with E-state index in [1.807, 2.05) is 0 Å². The molecule has 2 aromatic rings. The smallest absolute Gasteiger partial charge is 0.270 e. The van der Waals surface area contributed by atoms with Gasteiger partial charge in [0.1, 0.15) is 11.6 Å². The first-order valence-corrected chi connectivity index (χ1v) is 8.63. The molecule has 1 atom stereocenters. The zero-order chi connectivity index (χ0) is 17.6. The molecule has 0 unspecified atom stereocenters. The summed E-state index contributed by atoms with van der Waals surface area (Å²) in [6.45, 7) is 1.26. The highest BCUT2D eigenvalue weighted by molar-refractivity contribution is 6.32. The van der Waals surface area contributed by atoms with Gasteiger partial charge in [0.05, 0.1) is 16.6 Å². The number of ether oxygens (including phenoxy) is 1. The summed E-state index contributed by atoms with van der Waals surface area (Å²) in [5.74, 6) is -0.0462. The second-order valence-electron chi connectivity index (χ2n) is 6.43. The Bertz CT molecular complexity index is 883. The van der Waals surface area contributed by atoms with Crippen LogP contribution in [-0.4, -0.2) is 34.0 Å². The van der Waals surface area contributed by atoms with E-state index >= 15 is 0 Å². The lowest BCUT2D eigenvalue weighted by atomic mass is 9.87. The summed E-state index contributed by atoms with van der Waals surface area (Å²) in [5.41, 5.74) is 1.05. The van der Waals surface area contributed by atoms with Crippen LogP contribution < -0.4 is 10.9 Å². The van der Waals surface area contributed by atoms with Gasteiger partial charge < -0.3 is 15.2 Å². The lowest BCUT2D eigenvalue weighted by molar-refractivity contribution is -0.116. The molecule has 7 nitrogen and oxygen atoms in total. The lowest BCUT2D eigenvalue weighted by Gasteiger charge is -2.28. The van der Waals surface area contributed by atoms with Crippen molar-refractivity contribution in [2.45, 2.75) is 31.2 Å². The number of rotatable bonds is 2. The molecule has 0 saturated carbocycles. The van der Waals surface area contributed by atoms with E-state index in [2.05, 4.69) is 10.4 Å². The molecule has 0 aliphatic carbocycles. The zero-order valence-electron chi connectivity index (χ0n) is 13.4. The van der Waals surface area contributed by atoms with Gasteiger partial charge in [0.2, 0.25) is 5.91 Å². The number of carbonyl (C=O) groups excluding carboxylic acids is 1. The van der Waals surface area contributed by atoms with E-state index in [0.717, 1.165) is 18.4 Å². The molecule has 1 amide bonds. The van der Waals surface area contributed by atoms with Crippen LogP contribution in [0.15, 0.2) is 23.0 Å². The first kappa shape index (κ1) is 16.2. The highest BCUT2D eigenvalue weighted by atomic mass is 35.5. The predicted octanol–water partition coefficient (Wildman–Crippen LogP) is 2.36. The number of fused-ring (bicyclic) bond motifs is 1. The van der Waals surface area contributed by atoms with Crippen LogP contribution in [0.3, 0.4) is 0 Å². The van der Waals surface area contributed by atoms with Gasteiger partial charge >= 0.3 is 0 Å². The highest BCUT2D eigenvalue weighted by Gasteiger charge is 2.34. The molecule has 2 aliphatic heterocycles. The van der Waals surface area contributed by atoms with Crippen molar-refractivity contribution in [1.29, 1.82) is 0 Å². The van der Waals surface area contributed by atoms with Crippen LogP contribution >= 0.6 is 11.6 Å². The summed E-state index contributed by atoms with van der Waals surface area (Å²) in [7, 11) is 0. The molecule has 1 aromatic carbocycles. The molecule has 1 aromatic heterocycles. The molecule has 1 fully saturated rings. The number of nitrogens with zero attached hydrogens (tertiary/aromatic N) is 1. The van der Waals surface area contributed by atoms with E-state index < -0.39 is 5.92 Å². The fourth-order valence-electron chi connectivity index (χ4n) is 3.63. The molecule has 3 N–H and O–H groups in total. The first-order chi connectivity index (χ1) is 12.0. The summed E-state index contributed by atoms with van der Waals surface area (Å²) >= 11 is 6.01. The van der Waals surface area contributed by atoms with Gasteiger partial charge in [-0.05, 0) is 30.5 Å². The molecule has 8 heteroatoms. The van der Waals surface area contributed by atoms with Crippen molar-refractivity contribution in [3.63, 3.8) is 0 Å². The number of H-pyrrole nitrogens is 1. The molecule has 3 heterocycles. The van der Waals surface area contributed by atoms with Gasteiger partial charge in [0.15, 0.2) is 0 Å². The van der Waals surface area contributed by atoms with Crippen molar-refractivity contribution in [2.75, 3.05) is 18.5 Å². The SMILES string of the molecule is O=C1C[C@@H](c2ccc(O)c(Cl)c2)c2c(n(C3CCOCC3)[nH]c2=O)N1. The Morgan fingerprint density at radius 2 is 2.00 bits per heavy atom. The van der Waals surface area contributed by atoms with Gasteiger partial charge in [-0.1, -0.05) is 17.7 Å². The minimum Gasteiger partial charge on any atom is -0.506 e. The maximum absolute atomic E-state index is 12.6. The van der Waals surface area contributed by atoms with E-state index in [1.54, 1.807) is 16.8 Å². The van der Waals surface area contributed by atoms with Crippen molar-refractivity contribution in [2.24, 2.45) is 0 Å². The van der Waals surface area contributed by atoms with Crippen molar-refractivity contribution >= 4 is 23.3 Å². The van der Waals surface area contributed by atoms with Crippen LogP contribution in [0.1, 0.15) is 42.3 Å². The maximum atomic E-state index is 12.6. The fraction of sp³-hybridized carbons (Fsp3) is 0.412. The number of phenols is 1. The van der Waals surface area contributed by atoms with Gasteiger partial charge in [0.25, 0.3) is 5.56 Å². The largest absolute Gasteiger partial charge is 0.506 e. The second-order valence-corrected chi connectivity index (χ2v) is 6.84. The van der Waals surface area contributed by atoms with Crippen LogP contribution in [0.2, 0.25) is 5.02 Å². The number of aromatic nitrogens is 2. The summed E-state index contributed by atoms with van der Waals surface area (Å²) in [4.78, 5) is 24.9. The Labute approximate surface area is 148 Å². The van der Waals surface area contributed by atoms with Crippen LogP contribution in [0.5, 0.6) is 5.75 Å². The number of halogens is 1. The third kappa shape index (κ3) is 2.83. The average molecular weight is 364 g/mol. The predicted molar refractivity (Wildman–Crippen MR) is 92.3 cm³/mol. The Morgan fingerprint density at radius 3 is 2.72 bits per heavy atom. The van der Waals surface area contributed by atoms with E-state index in [0.29, 0.717) is 24.6 Å². The van der Waals surface area contributed by atoms with E-state index in [9.17, 15) is 14.7 Å². The van der Waals surface area contributed by atoms with Gasteiger partial charge in [-0.2, -0.15) is 0 Å². The molecule has 25 heavy (non-hydrogen) atoms. The first-order valence-electron chi connectivity index (χ1n) is 8.25. The van der Waals surface area contributed by atoms with Crippen molar-refractivity contribution in [3.05, 3.63) is 44.7 Å². The number of carbonyl (C=O) groups is 1. The van der Waals surface area contributed by atoms with Gasteiger partial charge in [-0.25, -0.2) is 0 Å². The minimum atomic E-state index is -0.397. The van der Waals surface area contributed by atoms with Crippen molar-refractivity contribution < 1.29 is 14.6 Å². The number of aromatic hydroxyl groups is 1. The van der Waals surface area contributed by atoms with Crippen molar-refractivity contribution in [3.8, 4) is 5.75 Å². The molecule has 4 rings (SSSR count). The fourth-order valence-corrected chi connectivity index (χ4v) is 3.81. The number of anilines is 1. The third-order valence-electron chi connectivity index (χ3n) is 4.89. The number of nitrogens with one attached hydrogen (secondary N) is 2. The van der Waals surface area contributed by atoms with Crippen LogP contribution in [0.4, 0.5) is 5.82 Å². The maximum Gasteiger partial charge on any atom is 0.270 e. The summed E-state index contributed by atoms with van der Waals surface area (Å²) in [5, 5.41) is 15.5. The Hall–Kier alpha value is -2.25. The number of benzene rings is 1. The molecule has 0 radical (unpaired) electrons. The van der Waals surface area contributed by atoms with Crippen LogP contribution in [0, 0.1) is 0 Å². The topological polar surface area (TPSA) is 96.3 Å². The number of amides is 1. The quantitative estimate of drug-likeness (QED) is 0.763. The number of phenolic OH excluding ortho intramolecular Hbond substituents is 1. The van der Waals surface area contributed by atoms with E-state index in [4.69, 9.17) is 16.3 Å². The van der Waals surface area contributed by atoms with Gasteiger partial charge in [-0.3, -0.25) is 19.4 Å². The van der Waals surface area contributed by atoms with Crippen LogP contribution in [-0.2, 0) is 9.53 Å². The molecule has 2 aliphatic rings. The minimum absolute atomic E-state index is 0.0282. The molecular formula is C17H18ClN3O4. The van der Waals surface area contributed by atoms with E-state index in [1.165, 1.54) is 6.07 Å². The molecule has 0 spiro atoms. The van der Waals surface area contributed by atoms with Crippen LogP contribution in [0.25, 0.3) is 0 Å². The summed E-state index contributed by atoms with van der Waals surface area (Å²) in [6.07, 6.45) is 1.72. The lowest BCUT2D eigenvalue weighted by Crippen LogP contribution is -2.28. The summed E-state index contributed by atoms with van der Waals surface area (Å²) < 4.78 is 7.15. The normalized spacial score (nSPS) is 21.0. The third-order valence-corrected chi connectivity index (χ3v) is 5.19. The number of hydrogen-bond donors (Lipinski definition) is 3. The Kier molecular flexibility index (Phi) is 4.05. The average Bonchev–Trinajstić information content (AvgIpc) is 2.94. The Morgan fingerprint density at radius 1 is 1.24 bits per heavy atom. The van der Waals surface area contributed by atoms with Crippen molar-refractivity contribution in [1.82, 2.24) is 9.78 Å². The summed E-state index contributed by atoms with van der Waals surface area (Å²) in [6, 6.07) is 4.87. The molecular weight excluding hydrogens is 346 g/mol. The second kappa shape index (κ2) is 6.24. The molecule has 0 bridgehead atoms. The zero-order valence-corrected chi connectivity index (χ0v) is 14.2. The standard InChI is InChI=1S/C17H18ClN3O4/c18-12-7-9(1-2-13(12)22)11-8-14(23)19-16-15(11)17(24)20-21(16)10-3-5-25-6-4-10/h1-2,7,10-11,22H,3-6,8H2,(H,19,23)(H,20,24)/t11-/m0/s1. The molecule has 132 valence electrons. The number of hydrogen-bond acceptors (Lipinski definition) is 4. The molecule has 1 saturated heterocycles. The highest BCUT2D eigenvalue weighted by Crippen LogP contribution is 2.39. The monoisotopic (exact) mass is 363 g/mol. The van der Waals surface area contributed by atoms with Gasteiger partial charge in [0, 0.05) is 25.6 Å². The van der Waals surface area contributed by atoms with Gasteiger partial charge in [-0.15, -0.1) is 0 Å². The van der Waals surface area contributed by atoms with E-state index in [-0.39, 0.29) is 34.7 Å². The Balaban J connectivity index is 1.80.